The predicted molar refractivity (Wildman–Crippen MR) is 90.3 cm³/mol. The lowest BCUT2D eigenvalue weighted by atomic mass is 10.1. The van der Waals surface area contributed by atoms with Gasteiger partial charge in [-0.25, -0.2) is 4.98 Å². The van der Waals surface area contributed by atoms with Crippen LogP contribution in [0.25, 0.3) is 0 Å². The van der Waals surface area contributed by atoms with E-state index >= 15 is 0 Å². The first-order chi connectivity index (χ1) is 12.0. The standard InChI is InChI=1S/C17H23N5O3/c1-11(2)24-14-6-5-7-18-15(14)17(23)22-9-8-21(4)13(10-22)16-19-12(3)20-25-16/h5-7,11,13H,8-10H2,1-4H3. The molecule has 1 unspecified atom stereocenters. The summed E-state index contributed by atoms with van der Waals surface area (Å²) in [7, 11) is 1.99. The van der Waals surface area contributed by atoms with Crippen molar-refractivity contribution in [1.29, 1.82) is 0 Å². The summed E-state index contributed by atoms with van der Waals surface area (Å²) in [5.74, 6) is 1.47. The Hall–Kier alpha value is -2.48. The van der Waals surface area contributed by atoms with Crippen molar-refractivity contribution in [2.24, 2.45) is 0 Å². The Bertz CT molecular complexity index is 745. The van der Waals surface area contributed by atoms with Gasteiger partial charge < -0.3 is 14.2 Å². The zero-order valence-electron chi connectivity index (χ0n) is 15.0. The van der Waals surface area contributed by atoms with Crippen molar-refractivity contribution in [3.05, 3.63) is 35.7 Å². The average molecular weight is 345 g/mol. The summed E-state index contributed by atoms with van der Waals surface area (Å²) in [6.07, 6.45) is 1.58. The van der Waals surface area contributed by atoms with Crippen LogP contribution in [0.1, 0.15) is 42.1 Å². The quantitative estimate of drug-likeness (QED) is 0.833. The topological polar surface area (TPSA) is 84.6 Å². The van der Waals surface area contributed by atoms with Crippen LogP contribution in [0.15, 0.2) is 22.9 Å². The van der Waals surface area contributed by atoms with Crippen LogP contribution >= 0.6 is 0 Å². The average Bonchev–Trinajstić information content (AvgIpc) is 3.01. The van der Waals surface area contributed by atoms with Gasteiger partial charge in [-0.2, -0.15) is 4.98 Å². The van der Waals surface area contributed by atoms with Crippen LogP contribution in [0, 0.1) is 6.92 Å². The summed E-state index contributed by atoms with van der Waals surface area (Å²) in [4.78, 5) is 25.4. The molecule has 0 aliphatic carbocycles. The zero-order valence-corrected chi connectivity index (χ0v) is 15.0. The van der Waals surface area contributed by atoms with E-state index in [1.807, 2.05) is 20.9 Å². The maximum atomic E-state index is 13.0. The second kappa shape index (κ2) is 7.18. The van der Waals surface area contributed by atoms with E-state index < -0.39 is 0 Å². The SMILES string of the molecule is Cc1noc(C2CN(C(=O)c3ncccc3OC(C)C)CCN2C)n1. The number of rotatable bonds is 4. The second-order valence-corrected chi connectivity index (χ2v) is 6.44. The third-order valence-corrected chi connectivity index (χ3v) is 4.10. The van der Waals surface area contributed by atoms with Crippen molar-refractivity contribution in [3.8, 4) is 5.75 Å². The Labute approximate surface area is 146 Å². The summed E-state index contributed by atoms with van der Waals surface area (Å²) in [5, 5.41) is 3.85. The number of ether oxygens (including phenoxy) is 1. The zero-order chi connectivity index (χ0) is 18.0. The number of aryl methyl sites for hydroxylation is 1. The number of nitrogens with zero attached hydrogens (tertiary/aromatic N) is 5. The molecule has 1 amide bonds. The maximum Gasteiger partial charge on any atom is 0.276 e. The minimum absolute atomic E-state index is 0.0302. The molecule has 1 fully saturated rings. The van der Waals surface area contributed by atoms with Crippen molar-refractivity contribution in [3.63, 3.8) is 0 Å². The summed E-state index contributed by atoms with van der Waals surface area (Å²) < 4.78 is 11.0. The monoisotopic (exact) mass is 345 g/mol. The molecule has 3 rings (SSSR count). The van der Waals surface area contributed by atoms with E-state index in [2.05, 4.69) is 20.0 Å². The summed E-state index contributed by atoms with van der Waals surface area (Å²) in [5.41, 5.74) is 0.334. The first-order valence-electron chi connectivity index (χ1n) is 8.37. The highest BCUT2D eigenvalue weighted by atomic mass is 16.5. The van der Waals surface area contributed by atoms with Crippen molar-refractivity contribution < 1.29 is 14.1 Å². The molecule has 1 saturated heterocycles. The molecule has 2 aromatic heterocycles. The molecule has 134 valence electrons. The van der Waals surface area contributed by atoms with Crippen LogP contribution < -0.4 is 4.74 Å². The molecule has 1 atom stereocenters. The molecular weight excluding hydrogens is 322 g/mol. The molecule has 0 N–H and O–H groups in total. The minimum atomic E-state index is -0.148. The van der Waals surface area contributed by atoms with E-state index in [4.69, 9.17) is 9.26 Å². The van der Waals surface area contributed by atoms with Gasteiger partial charge in [-0.05, 0) is 40.0 Å². The molecule has 8 nitrogen and oxygen atoms in total. The Morgan fingerprint density at radius 3 is 2.88 bits per heavy atom. The molecule has 0 spiro atoms. The van der Waals surface area contributed by atoms with Crippen LogP contribution in [-0.4, -0.2) is 63.6 Å². The minimum Gasteiger partial charge on any atom is -0.489 e. The van der Waals surface area contributed by atoms with Gasteiger partial charge in [0, 0.05) is 25.8 Å². The Morgan fingerprint density at radius 2 is 2.20 bits per heavy atom. The first kappa shape index (κ1) is 17.3. The van der Waals surface area contributed by atoms with Gasteiger partial charge in [0.05, 0.1) is 6.10 Å². The van der Waals surface area contributed by atoms with E-state index in [9.17, 15) is 4.79 Å². The van der Waals surface area contributed by atoms with Crippen LogP contribution in [0.4, 0.5) is 0 Å². The van der Waals surface area contributed by atoms with Crippen molar-refractivity contribution in [2.75, 3.05) is 26.7 Å². The molecule has 0 saturated carbocycles. The summed E-state index contributed by atoms with van der Waals surface area (Å²) in [6, 6.07) is 3.41. The van der Waals surface area contributed by atoms with E-state index in [0.717, 1.165) is 0 Å². The lowest BCUT2D eigenvalue weighted by Gasteiger charge is -2.37. The van der Waals surface area contributed by atoms with E-state index in [1.165, 1.54) is 0 Å². The number of likely N-dealkylation sites (N-methyl/N-ethyl adjacent to an activating group) is 1. The molecule has 8 heteroatoms. The van der Waals surface area contributed by atoms with E-state index in [-0.39, 0.29) is 18.1 Å². The molecule has 1 aliphatic rings. The number of carbonyl (C=O) groups is 1. The van der Waals surface area contributed by atoms with Gasteiger partial charge in [0.2, 0.25) is 5.89 Å². The number of carbonyl (C=O) groups excluding carboxylic acids is 1. The predicted octanol–water partition coefficient (Wildman–Crippen LogP) is 1.69. The van der Waals surface area contributed by atoms with Gasteiger partial charge in [-0.1, -0.05) is 5.16 Å². The molecule has 0 aromatic carbocycles. The highest BCUT2D eigenvalue weighted by molar-refractivity contribution is 5.95. The second-order valence-electron chi connectivity index (χ2n) is 6.44. The summed E-state index contributed by atoms with van der Waals surface area (Å²) >= 11 is 0. The highest BCUT2D eigenvalue weighted by Crippen LogP contribution is 2.25. The van der Waals surface area contributed by atoms with Crippen molar-refractivity contribution in [2.45, 2.75) is 32.9 Å². The Kier molecular flexibility index (Phi) is 4.98. The Balaban J connectivity index is 1.81. The van der Waals surface area contributed by atoms with Crippen molar-refractivity contribution >= 4 is 5.91 Å². The number of hydrogen-bond acceptors (Lipinski definition) is 7. The van der Waals surface area contributed by atoms with E-state index in [0.29, 0.717) is 42.8 Å². The van der Waals surface area contributed by atoms with Gasteiger partial charge in [-0.15, -0.1) is 0 Å². The largest absolute Gasteiger partial charge is 0.489 e. The van der Waals surface area contributed by atoms with Gasteiger partial charge in [0.25, 0.3) is 5.91 Å². The van der Waals surface area contributed by atoms with Gasteiger partial charge >= 0.3 is 0 Å². The van der Waals surface area contributed by atoms with Gasteiger partial charge in [-0.3, -0.25) is 9.69 Å². The fourth-order valence-corrected chi connectivity index (χ4v) is 2.82. The smallest absolute Gasteiger partial charge is 0.276 e. The van der Waals surface area contributed by atoms with E-state index in [1.54, 1.807) is 30.2 Å². The molecule has 1 aliphatic heterocycles. The normalized spacial score (nSPS) is 18.6. The van der Waals surface area contributed by atoms with Crippen LogP contribution in [-0.2, 0) is 0 Å². The van der Waals surface area contributed by atoms with Crippen molar-refractivity contribution in [1.82, 2.24) is 24.9 Å². The summed E-state index contributed by atoms with van der Waals surface area (Å²) in [6.45, 7) is 7.41. The maximum absolute atomic E-state index is 13.0. The first-order valence-corrected chi connectivity index (χ1v) is 8.37. The molecular formula is C17H23N5O3. The van der Waals surface area contributed by atoms with Crippen LogP contribution in [0.2, 0.25) is 0 Å². The Morgan fingerprint density at radius 1 is 1.40 bits per heavy atom. The lowest BCUT2D eigenvalue weighted by Crippen LogP contribution is -2.49. The number of piperazine rings is 1. The van der Waals surface area contributed by atoms with Gasteiger partial charge in [0.15, 0.2) is 17.3 Å². The van der Waals surface area contributed by atoms with Gasteiger partial charge in [0.1, 0.15) is 6.04 Å². The number of hydrogen-bond donors (Lipinski definition) is 0. The number of amides is 1. The molecule has 0 bridgehead atoms. The third-order valence-electron chi connectivity index (χ3n) is 4.10. The number of pyridine rings is 1. The molecule has 2 aromatic rings. The molecule has 25 heavy (non-hydrogen) atoms. The number of aromatic nitrogens is 3. The fraction of sp³-hybridized carbons (Fsp3) is 0.529. The third kappa shape index (κ3) is 3.79. The van der Waals surface area contributed by atoms with Crippen LogP contribution in [0.5, 0.6) is 5.75 Å². The molecule has 3 heterocycles. The lowest BCUT2D eigenvalue weighted by molar-refractivity contribution is 0.0478. The highest BCUT2D eigenvalue weighted by Gasteiger charge is 2.33. The fourth-order valence-electron chi connectivity index (χ4n) is 2.82. The molecule has 0 radical (unpaired) electrons. The van der Waals surface area contributed by atoms with Crippen LogP contribution in [0.3, 0.4) is 0 Å².